The number of hydrogen-bond donors (Lipinski definition) is 0. The minimum atomic E-state index is -0.473. The number of nitrogens with zero attached hydrogens (tertiary/aromatic N) is 2. The molecule has 0 atom stereocenters. The maximum Gasteiger partial charge on any atom is 0.231 e. The Hall–Kier alpha value is -1.68. The van der Waals surface area contributed by atoms with Crippen LogP contribution in [-0.4, -0.2) is 11.6 Å². The van der Waals surface area contributed by atoms with Crippen molar-refractivity contribution >= 4 is 11.6 Å². The van der Waals surface area contributed by atoms with Gasteiger partial charge in [0.05, 0.1) is 0 Å². The van der Waals surface area contributed by atoms with E-state index in [0.717, 1.165) is 0 Å². The predicted molar refractivity (Wildman–Crippen MR) is 39.7 cm³/mol. The first-order chi connectivity index (χ1) is 5.70. The lowest BCUT2D eigenvalue weighted by atomic mass is 10.1. The van der Waals surface area contributed by atoms with E-state index in [0.29, 0.717) is 12.8 Å². The summed E-state index contributed by atoms with van der Waals surface area (Å²) in [6.45, 7) is 0. The van der Waals surface area contributed by atoms with Crippen LogP contribution in [0.15, 0.2) is 0 Å². The fourth-order valence-electron chi connectivity index (χ4n) is 0.683. The van der Waals surface area contributed by atoms with Gasteiger partial charge in [-0.1, -0.05) is 0 Å². The summed E-state index contributed by atoms with van der Waals surface area (Å²) >= 11 is 0. The molecule has 4 nitrogen and oxygen atoms in total. The van der Waals surface area contributed by atoms with Crippen molar-refractivity contribution in [3.8, 4) is 12.1 Å². The third-order valence-corrected chi connectivity index (χ3v) is 1.31. The Balaban J connectivity index is 3.36. The van der Waals surface area contributed by atoms with E-state index in [2.05, 4.69) is 0 Å². The SMILES string of the molecule is N#CC(=O)CCCCC(=O)C#N. The van der Waals surface area contributed by atoms with Crippen molar-refractivity contribution in [3.63, 3.8) is 0 Å². The minimum Gasteiger partial charge on any atom is -0.283 e. The fourth-order valence-corrected chi connectivity index (χ4v) is 0.683. The van der Waals surface area contributed by atoms with Crippen LogP contribution in [0.3, 0.4) is 0 Å². The average Bonchev–Trinajstić information content (AvgIpc) is 2.11. The average molecular weight is 164 g/mol. The van der Waals surface area contributed by atoms with Crippen LogP contribution in [0.1, 0.15) is 25.7 Å². The van der Waals surface area contributed by atoms with Gasteiger partial charge in [0.1, 0.15) is 12.1 Å². The molecule has 4 heteroatoms. The predicted octanol–water partition coefficient (Wildman–Crippen LogP) is 0.732. The molecule has 0 aromatic rings. The molecule has 0 aromatic heterocycles. The molecule has 0 unspecified atom stereocenters. The molecule has 0 radical (unpaired) electrons. The first-order valence-electron chi connectivity index (χ1n) is 3.56. The Morgan fingerprint density at radius 1 is 0.917 bits per heavy atom. The highest BCUT2D eigenvalue weighted by atomic mass is 16.1. The maximum atomic E-state index is 10.4. The topological polar surface area (TPSA) is 81.7 Å². The van der Waals surface area contributed by atoms with Gasteiger partial charge in [-0.2, -0.15) is 10.5 Å². The lowest BCUT2D eigenvalue weighted by molar-refractivity contribution is -0.115. The Morgan fingerprint density at radius 2 is 1.25 bits per heavy atom. The van der Waals surface area contributed by atoms with Crippen LogP contribution in [0.5, 0.6) is 0 Å². The smallest absolute Gasteiger partial charge is 0.231 e. The fraction of sp³-hybridized carbons (Fsp3) is 0.500. The van der Waals surface area contributed by atoms with Gasteiger partial charge in [0.25, 0.3) is 0 Å². The first-order valence-corrected chi connectivity index (χ1v) is 3.56. The number of ketones is 2. The van der Waals surface area contributed by atoms with Gasteiger partial charge < -0.3 is 0 Å². The quantitative estimate of drug-likeness (QED) is 0.443. The van der Waals surface area contributed by atoms with Gasteiger partial charge in [0.2, 0.25) is 11.6 Å². The van der Waals surface area contributed by atoms with Crippen molar-refractivity contribution in [1.29, 1.82) is 10.5 Å². The summed E-state index contributed by atoms with van der Waals surface area (Å²) < 4.78 is 0. The Bertz CT molecular complexity index is 229. The molecule has 0 amide bonds. The highest BCUT2D eigenvalue weighted by Crippen LogP contribution is 2.00. The number of nitriles is 2. The second-order valence-corrected chi connectivity index (χ2v) is 2.28. The van der Waals surface area contributed by atoms with Crippen LogP contribution < -0.4 is 0 Å². The normalized spacial score (nSPS) is 8.17. The number of unbranched alkanes of at least 4 members (excludes halogenated alkanes) is 1. The highest BCUT2D eigenvalue weighted by molar-refractivity contribution is 5.94. The third-order valence-electron chi connectivity index (χ3n) is 1.31. The monoisotopic (exact) mass is 164 g/mol. The molecule has 0 saturated carbocycles. The highest BCUT2D eigenvalue weighted by Gasteiger charge is 2.01. The van der Waals surface area contributed by atoms with E-state index in [9.17, 15) is 9.59 Å². The second-order valence-electron chi connectivity index (χ2n) is 2.28. The summed E-state index contributed by atoms with van der Waals surface area (Å²) in [5, 5.41) is 16.1. The number of carbonyl (C=O) groups excluding carboxylic acids is 2. The summed E-state index contributed by atoms with van der Waals surface area (Å²) in [5.41, 5.74) is 0. The molecule has 12 heavy (non-hydrogen) atoms. The summed E-state index contributed by atoms with van der Waals surface area (Å²) in [6, 6.07) is 2.96. The molecule has 0 spiro atoms. The zero-order chi connectivity index (χ0) is 9.40. The maximum absolute atomic E-state index is 10.4. The van der Waals surface area contributed by atoms with Crippen molar-refractivity contribution in [2.75, 3.05) is 0 Å². The molecule has 0 aliphatic rings. The van der Waals surface area contributed by atoms with Crippen molar-refractivity contribution < 1.29 is 9.59 Å². The molecule has 0 heterocycles. The molecule has 0 saturated heterocycles. The van der Waals surface area contributed by atoms with Crippen LogP contribution in [0.25, 0.3) is 0 Å². The molecule has 0 rings (SSSR count). The summed E-state index contributed by atoms with van der Waals surface area (Å²) in [4.78, 5) is 20.8. The molecule has 0 bridgehead atoms. The number of rotatable bonds is 5. The molecule has 0 fully saturated rings. The molecule has 0 N–H and O–H groups in total. The number of Topliss-reactive ketones (excluding diaryl/α,β-unsaturated/α-hetero) is 2. The number of hydrogen-bond acceptors (Lipinski definition) is 4. The van der Waals surface area contributed by atoms with Crippen LogP contribution in [0, 0.1) is 22.7 Å². The summed E-state index contributed by atoms with van der Waals surface area (Å²) in [5.74, 6) is -0.946. The summed E-state index contributed by atoms with van der Waals surface area (Å²) in [7, 11) is 0. The van der Waals surface area contributed by atoms with E-state index < -0.39 is 11.6 Å². The van der Waals surface area contributed by atoms with Gasteiger partial charge in [-0.15, -0.1) is 0 Å². The molecule has 0 aliphatic carbocycles. The van der Waals surface area contributed by atoms with Crippen molar-refractivity contribution in [1.82, 2.24) is 0 Å². The van der Waals surface area contributed by atoms with Gasteiger partial charge in [-0.25, -0.2) is 0 Å². The van der Waals surface area contributed by atoms with Crippen molar-refractivity contribution in [2.45, 2.75) is 25.7 Å². The molecule has 0 aliphatic heterocycles. The molecular weight excluding hydrogens is 156 g/mol. The first kappa shape index (κ1) is 10.3. The van der Waals surface area contributed by atoms with Gasteiger partial charge in [0.15, 0.2) is 0 Å². The van der Waals surface area contributed by atoms with Crippen LogP contribution in [0.4, 0.5) is 0 Å². The molecule has 0 aromatic carbocycles. The van der Waals surface area contributed by atoms with E-state index >= 15 is 0 Å². The van der Waals surface area contributed by atoms with E-state index in [-0.39, 0.29) is 12.8 Å². The second kappa shape index (κ2) is 6.06. The lowest BCUT2D eigenvalue weighted by Gasteiger charge is -1.91. The van der Waals surface area contributed by atoms with Gasteiger partial charge in [0, 0.05) is 12.8 Å². The van der Waals surface area contributed by atoms with Gasteiger partial charge in [-0.3, -0.25) is 9.59 Å². The van der Waals surface area contributed by atoms with Gasteiger partial charge >= 0.3 is 0 Å². The Morgan fingerprint density at radius 3 is 1.50 bits per heavy atom. The minimum absolute atomic E-state index is 0.176. The lowest BCUT2D eigenvalue weighted by Crippen LogP contribution is -1.95. The third kappa shape index (κ3) is 5.13. The Kier molecular flexibility index (Phi) is 5.21. The van der Waals surface area contributed by atoms with Crippen molar-refractivity contribution in [2.24, 2.45) is 0 Å². The zero-order valence-electron chi connectivity index (χ0n) is 6.54. The van der Waals surface area contributed by atoms with Crippen molar-refractivity contribution in [3.05, 3.63) is 0 Å². The standard InChI is InChI=1S/C8H8N2O2/c9-5-7(11)3-1-2-4-8(12)6-10/h1-4H2. The van der Waals surface area contributed by atoms with E-state index in [1.165, 1.54) is 12.1 Å². The van der Waals surface area contributed by atoms with E-state index in [1.807, 2.05) is 0 Å². The molecule has 62 valence electrons. The molecular formula is C8H8N2O2. The number of carbonyl (C=O) groups is 2. The van der Waals surface area contributed by atoms with E-state index in [1.54, 1.807) is 0 Å². The Labute approximate surface area is 70.4 Å². The van der Waals surface area contributed by atoms with Crippen LogP contribution in [0.2, 0.25) is 0 Å². The van der Waals surface area contributed by atoms with Crippen LogP contribution >= 0.6 is 0 Å². The summed E-state index contributed by atoms with van der Waals surface area (Å²) in [6.07, 6.45) is 1.35. The van der Waals surface area contributed by atoms with Crippen LogP contribution in [-0.2, 0) is 9.59 Å². The zero-order valence-corrected chi connectivity index (χ0v) is 6.54. The van der Waals surface area contributed by atoms with E-state index in [4.69, 9.17) is 10.5 Å². The largest absolute Gasteiger partial charge is 0.283 e. The van der Waals surface area contributed by atoms with Gasteiger partial charge in [-0.05, 0) is 12.8 Å².